The minimum absolute atomic E-state index is 0.414. The third-order valence-corrected chi connectivity index (χ3v) is 5.67. The fourth-order valence-electron chi connectivity index (χ4n) is 4.58. The van der Waals surface area contributed by atoms with Gasteiger partial charge < -0.3 is 9.15 Å². The lowest BCUT2D eigenvalue weighted by molar-refractivity contribution is 0.170. The first-order valence-corrected chi connectivity index (χ1v) is 6.91. The van der Waals surface area contributed by atoms with Crippen LogP contribution in [0.3, 0.4) is 0 Å². The lowest BCUT2D eigenvalue weighted by Crippen LogP contribution is -2.34. The Hall–Kier alpha value is -1.02. The summed E-state index contributed by atoms with van der Waals surface area (Å²) in [5.74, 6) is 3.57. The second-order valence-corrected chi connectivity index (χ2v) is 6.56. The number of ether oxygens (including phenoxy) is 1. The van der Waals surface area contributed by atoms with Gasteiger partial charge in [0.1, 0.15) is 5.76 Å². The van der Waals surface area contributed by atoms with E-state index in [9.17, 15) is 0 Å². The van der Waals surface area contributed by atoms with Gasteiger partial charge in [0.25, 0.3) is 0 Å². The van der Waals surface area contributed by atoms with Crippen LogP contribution in [0.15, 0.2) is 22.8 Å². The molecule has 0 bridgehead atoms. The van der Waals surface area contributed by atoms with Crippen molar-refractivity contribution in [3.05, 3.63) is 35.3 Å². The second kappa shape index (κ2) is 3.30. The van der Waals surface area contributed by atoms with Crippen molar-refractivity contribution in [3.63, 3.8) is 0 Å². The largest absolute Gasteiger partial charge is 0.469 e. The van der Waals surface area contributed by atoms with E-state index in [1.807, 2.05) is 6.26 Å². The third-order valence-electron chi connectivity index (χ3n) is 5.67. The van der Waals surface area contributed by atoms with Crippen LogP contribution in [0.25, 0.3) is 0 Å². The first-order valence-electron chi connectivity index (χ1n) is 6.91. The molecule has 0 aromatic carbocycles. The van der Waals surface area contributed by atoms with Crippen molar-refractivity contribution < 1.29 is 9.15 Å². The van der Waals surface area contributed by atoms with Crippen LogP contribution in [0, 0.1) is 23.2 Å². The molecule has 0 amide bonds. The monoisotopic (exact) mass is 244 g/mol. The van der Waals surface area contributed by atoms with Gasteiger partial charge >= 0.3 is 0 Å². The van der Waals surface area contributed by atoms with Crippen LogP contribution in [0.1, 0.15) is 30.2 Å². The molecule has 0 radical (unpaired) electrons. The third kappa shape index (κ3) is 1.17. The summed E-state index contributed by atoms with van der Waals surface area (Å²) < 4.78 is 11.1. The zero-order valence-electron chi connectivity index (χ0n) is 11.2. The Labute approximate surface area is 108 Å². The molecule has 1 heterocycles. The zero-order chi connectivity index (χ0) is 12.5. The Morgan fingerprint density at radius 2 is 2.39 bits per heavy atom. The number of fused-ring (bicyclic) bond motifs is 4. The molecule has 0 aliphatic heterocycles. The molecule has 4 rings (SSSR count). The van der Waals surface area contributed by atoms with Crippen LogP contribution in [-0.4, -0.2) is 7.11 Å². The lowest BCUT2D eigenvalue weighted by Gasteiger charge is -2.38. The van der Waals surface area contributed by atoms with Gasteiger partial charge in [-0.3, -0.25) is 0 Å². The minimum atomic E-state index is 0.414. The minimum Gasteiger partial charge on any atom is -0.469 e. The summed E-state index contributed by atoms with van der Waals surface area (Å²) in [5.41, 5.74) is 4.57. The van der Waals surface area contributed by atoms with Crippen LogP contribution in [0.2, 0.25) is 0 Å². The van der Waals surface area contributed by atoms with E-state index >= 15 is 0 Å². The van der Waals surface area contributed by atoms with E-state index in [4.69, 9.17) is 9.15 Å². The van der Waals surface area contributed by atoms with Gasteiger partial charge in [-0.25, -0.2) is 0 Å². The van der Waals surface area contributed by atoms with E-state index in [2.05, 4.69) is 13.5 Å². The predicted molar refractivity (Wildman–Crippen MR) is 69.2 cm³/mol. The fraction of sp³-hybridized carbons (Fsp3) is 0.625. The van der Waals surface area contributed by atoms with Crippen molar-refractivity contribution in [3.8, 4) is 0 Å². The van der Waals surface area contributed by atoms with Gasteiger partial charge in [0.15, 0.2) is 0 Å². The Morgan fingerprint density at radius 1 is 1.56 bits per heavy atom. The number of rotatable bonds is 2. The Kier molecular flexibility index (Phi) is 1.99. The summed E-state index contributed by atoms with van der Waals surface area (Å²) in [6, 6.07) is 0. The second-order valence-electron chi connectivity index (χ2n) is 6.56. The molecule has 96 valence electrons. The van der Waals surface area contributed by atoms with E-state index in [-0.39, 0.29) is 0 Å². The molecule has 4 atom stereocenters. The van der Waals surface area contributed by atoms with Gasteiger partial charge in [-0.15, -0.1) is 0 Å². The van der Waals surface area contributed by atoms with E-state index < -0.39 is 0 Å². The maximum Gasteiger partial charge on any atom is 0.107 e. The number of hydrogen-bond acceptors (Lipinski definition) is 2. The molecule has 0 N–H and O–H groups in total. The SMILES string of the molecule is C=C1[C@H]2Cc3c(COC)coc3C[C@@]2(C)[C@H]2C[C@@H]12. The highest BCUT2D eigenvalue weighted by Crippen LogP contribution is 2.69. The molecule has 3 aliphatic rings. The maximum atomic E-state index is 5.81. The maximum absolute atomic E-state index is 5.81. The van der Waals surface area contributed by atoms with Crippen molar-refractivity contribution in [2.75, 3.05) is 7.11 Å². The summed E-state index contributed by atoms with van der Waals surface area (Å²) in [5, 5.41) is 0. The molecule has 2 heteroatoms. The molecule has 1 aromatic heterocycles. The zero-order valence-corrected chi connectivity index (χ0v) is 11.2. The van der Waals surface area contributed by atoms with Crippen molar-refractivity contribution in [2.24, 2.45) is 23.2 Å². The van der Waals surface area contributed by atoms with Crippen molar-refractivity contribution in [1.82, 2.24) is 0 Å². The standard InChI is InChI=1S/C16H20O2/c1-9-11-4-14(11)16(2)6-15-12(5-13(9)16)10(7-17-3)8-18-15/h8,11,13-14H,1,4-7H2,2-3H3/t11-,13+,14-,16+/m0/s1. The Balaban J connectivity index is 1.74. The predicted octanol–water partition coefficient (Wildman–Crippen LogP) is 3.35. The number of furan rings is 1. The molecule has 0 saturated heterocycles. The van der Waals surface area contributed by atoms with Gasteiger partial charge in [-0.05, 0) is 41.6 Å². The quantitative estimate of drug-likeness (QED) is 0.744. The average molecular weight is 244 g/mol. The van der Waals surface area contributed by atoms with Crippen molar-refractivity contribution in [1.29, 1.82) is 0 Å². The highest BCUT2D eigenvalue weighted by atomic mass is 16.5. The topological polar surface area (TPSA) is 22.4 Å². The van der Waals surface area contributed by atoms with E-state index in [1.54, 1.807) is 7.11 Å². The highest BCUT2D eigenvalue weighted by Gasteiger charge is 2.63. The molecule has 18 heavy (non-hydrogen) atoms. The summed E-state index contributed by atoms with van der Waals surface area (Å²) in [6.45, 7) is 7.49. The first kappa shape index (κ1) is 10.9. The Bertz CT molecular complexity index is 527. The van der Waals surface area contributed by atoms with Gasteiger partial charge in [-0.2, -0.15) is 0 Å². The summed E-state index contributed by atoms with van der Waals surface area (Å²) in [4.78, 5) is 0. The molecule has 3 aliphatic carbocycles. The van der Waals surface area contributed by atoms with Gasteiger partial charge in [0.05, 0.1) is 12.9 Å². The van der Waals surface area contributed by atoms with Crippen LogP contribution < -0.4 is 0 Å². The van der Waals surface area contributed by atoms with Crippen molar-refractivity contribution in [2.45, 2.75) is 32.8 Å². The van der Waals surface area contributed by atoms with Crippen LogP contribution in [0.4, 0.5) is 0 Å². The van der Waals surface area contributed by atoms with Crippen LogP contribution in [-0.2, 0) is 24.2 Å². The summed E-state index contributed by atoms with van der Waals surface area (Å²) in [6.07, 6.45) is 5.47. The fourth-order valence-corrected chi connectivity index (χ4v) is 4.58. The smallest absolute Gasteiger partial charge is 0.107 e. The van der Waals surface area contributed by atoms with Gasteiger partial charge in [0, 0.05) is 19.1 Å². The van der Waals surface area contributed by atoms with Crippen molar-refractivity contribution >= 4 is 0 Å². The summed E-state index contributed by atoms with van der Waals surface area (Å²) in [7, 11) is 1.75. The van der Waals surface area contributed by atoms with E-state index in [0.29, 0.717) is 17.9 Å². The number of allylic oxidation sites excluding steroid dienone is 1. The first-order chi connectivity index (χ1) is 8.65. The molecular formula is C16H20O2. The highest BCUT2D eigenvalue weighted by molar-refractivity contribution is 5.40. The average Bonchev–Trinajstić information content (AvgIpc) is 3.03. The normalized spacial score (nSPS) is 40.3. The lowest BCUT2D eigenvalue weighted by atomic mass is 9.65. The molecule has 2 nitrogen and oxygen atoms in total. The van der Waals surface area contributed by atoms with Crippen LogP contribution in [0.5, 0.6) is 0 Å². The molecule has 0 spiro atoms. The molecule has 0 unspecified atom stereocenters. The van der Waals surface area contributed by atoms with Gasteiger partial charge in [-0.1, -0.05) is 19.1 Å². The summed E-state index contributed by atoms with van der Waals surface area (Å²) >= 11 is 0. The Morgan fingerprint density at radius 3 is 3.17 bits per heavy atom. The van der Waals surface area contributed by atoms with E-state index in [1.165, 1.54) is 28.9 Å². The molecule has 1 aromatic rings. The molecular weight excluding hydrogens is 224 g/mol. The van der Waals surface area contributed by atoms with Gasteiger partial charge in [0.2, 0.25) is 0 Å². The molecule has 2 fully saturated rings. The number of methoxy groups -OCH3 is 1. The van der Waals surface area contributed by atoms with Crippen LogP contribution >= 0.6 is 0 Å². The van der Waals surface area contributed by atoms with E-state index in [0.717, 1.165) is 24.7 Å². The number of hydrogen-bond donors (Lipinski definition) is 0. The molecule has 2 saturated carbocycles.